The number of aryl methyl sites for hydroxylation is 2. The van der Waals surface area contributed by atoms with Crippen LogP contribution in [-0.4, -0.2) is 14.1 Å². The molecule has 5 heteroatoms. The van der Waals surface area contributed by atoms with E-state index in [-0.39, 0.29) is 33.7 Å². The van der Waals surface area contributed by atoms with Gasteiger partial charge in [0, 0.05) is 73.8 Å². The van der Waals surface area contributed by atoms with Gasteiger partial charge >= 0.3 is 0 Å². The van der Waals surface area contributed by atoms with Gasteiger partial charge in [-0.05, 0) is 200 Å². The molecule has 0 fully saturated rings. The summed E-state index contributed by atoms with van der Waals surface area (Å²) in [7, 11) is 0. The molecule has 3 heterocycles. The monoisotopic (exact) mass is 1120 g/mol. The number of rotatable bonds is 9. The van der Waals surface area contributed by atoms with Crippen LogP contribution in [0.15, 0.2) is 176 Å². The third-order valence-corrected chi connectivity index (χ3v) is 15.0. The maximum Gasteiger partial charge on any atom is 0.269 e. The summed E-state index contributed by atoms with van der Waals surface area (Å²) < 4.78 is 413. The Balaban J connectivity index is 1.26. The topological polar surface area (TPSA) is 35.9 Å². The Morgan fingerprint density at radius 2 is 1.28 bits per heavy atom. The summed E-state index contributed by atoms with van der Waals surface area (Å²) in [4.78, 5) is 4.78. The van der Waals surface area contributed by atoms with Crippen LogP contribution in [-0.2, 0) is 27.1 Å². The second-order valence-electron chi connectivity index (χ2n) is 21.4. The fourth-order valence-electron chi connectivity index (χ4n) is 10.8. The third kappa shape index (κ3) is 8.89. The number of hydrogen-bond donors (Lipinski definition) is 0. The molecule has 5 nitrogen and oxygen atoms in total. The van der Waals surface area contributed by atoms with Crippen LogP contribution in [0.5, 0.6) is 11.5 Å². The Morgan fingerprint density at radius 1 is 0.622 bits per heavy atom. The molecule has 0 amide bonds. The molecule has 2 aliphatic carbocycles. The van der Waals surface area contributed by atoms with E-state index in [2.05, 4.69) is 6.33 Å². The summed E-state index contributed by atoms with van der Waals surface area (Å²) in [5.74, 6) is 0.709. The quantitative estimate of drug-likeness (QED) is 0.107. The number of para-hydroxylation sites is 2. The second-order valence-corrected chi connectivity index (χ2v) is 21.4. The molecule has 1 atom stereocenters. The largest absolute Gasteiger partial charge is 0.458 e. The summed E-state index contributed by atoms with van der Waals surface area (Å²) in [6.45, 7) is -31.9. The van der Waals surface area contributed by atoms with Gasteiger partial charge in [0.25, 0.3) is 6.33 Å². The average Bonchev–Trinajstić information content (AvgIpc) is 0.642. The van der Waals surface area contributed by atoms with Gasteiger partial charge in [0.05, 0.1) is 41.7 Å². The zero-order valence-corrected chi connectivity index (χ0v) is 44.5. The van der Waals surface area contributed by atoms with E-state index in [1.165, 1.54) is 36.4 Å². The predicted molar refractivity (Wildman–Crippen MR) is 342 cm³/mol. The molecular formula is C77H78N4O. The standard InChI is InChI=1S/C77H78N4O/c1-14-77(13)40-39-76(11,12)65-43-52(29-34-63(65)77)59-26-19-25-58(51-28-33-62-64(42-51)75(9,10)38-37-74(62,7)8)72(59)80-48-79(69-44-53(30-35-67(69)80)71-49(2)20-17-21-50(71)3)55-22-18-23-56(46-55)82-57-31-32-61-60-24-15-16-27-66(60)81(68(61)47-57)70-45-54(36-41-78-70)73(4,5)6/h15-36,41-47H,14,37-40H2,1-13H3/i2D3,3D3,7D3,8D3,9D3,10D3,11D3,12D3,13D3,14D2,28D,29D,33D,34D,37D2,38D2,39D2,40D2,42D,43D. The predicted octanol–water partition coefficient (Wildman–Crippen LogP) is 20.0. The summed E-state index contributed by atoms with van der Waals surface area (Å²) in [6.07, 6.45) is -18.4. The number of benzene rings is 8. The molecule has 1 unspecified atom stereocenters. The van der Waals surface area contributed by atoms with Crippen molar-refractivity contribution in [3.8, 4) is 62.1 Å². The fraction of sp³-hybridized carbons (Fsp3) is 0.299. The van der Waals surface area contributed by atoms with Gasteiger partial charge in [-0.15, -0.1) is 0 Å². The lowest BCUT2D eigenvalue weighted by atomic mass is 9.61. The van der Waals surface area contributed by atoms with Crippen molar-refractivity contribution in [2.75, 3.05) is 0 Å². The molecule has 0 spiro atoms. The lowest BCUT2D eigenvalue weighted by Crippen LogP contribution is -2.35. The van der Waals surface area contributed by atoms with Crippen molar-refractivity contribution in [3.05, 3.63) is 221 Å². The number of ether oxygens (including phenoxy) is 1. The minimum absolute atomic E-state index is 0.0134. The Bertz CT molecular complexity index is 5990. The number of hydrogen-bond acceptors (Lipinski definition) is 2. The summed E-state index contributed by atoms with van der Waals surface area (Å²) >= 11 is 0. The van der Waals surface area contributed by atoms with E-state index in [0.717, 1.165) is 73.5 Å². The number of fused-ring (bicyclic) bond motifs is 6. The van der Waals surface area contributed by atoms with E-state index in [9.17, 15) is 38.4 Å². The van der Waals surface area contributed by atoms with Crippen molar-refractivity contribution in [1.82, 2.24) is 14.1 Å². The Hall–Kier alpha value is -8.02. The van der Waals surface area contributed by atoms with Crippen LogP contribution >= 0.6 is 0 Å². The first-order valence-electron chi connectivity index (χ1n) is 47.5. The molecule has 11 aromatic rings. The van der Waals surface area contributed by atoms with Crippen molar-refractivity contribution in [3.63, 3.8) is 0 Å². The number of imidazole rings is 1. The highest BCUT2D eigenvalue weighted by Crippen LogP contribution is 2.51. The molecule has 3 aromatic heterocycles. The minimum Gasteiger partial charge on any atom is -0.458 e. The van der Waals surface area contributed by atoms with Crippen molar-refractivity contribution in [2.45, 2.75) is 148 Å². The first kappa shape index (κ1) is 23.7. The van der Waals surface area contributed by atoms with Crippen molar-refractivity contribution >= 4 is 32.8 Å². The molecule has 0 bridgehead atoms. The van der Waals surface area contributed by atoms with Crippen LogP contribution in [0.3, 0.4) is 0 Å². The molecule has 13 rings (SSSR count). The maximum atomic E-state index is 10.6. The van der Waals surface area contributed by atoms with E-state index in [1.807, 2.05) is 61.7 Å². The van der Waals surface area contributed by atoms with Gasteiger partial charge in [0.15, 0.2) is 0 Å². The molecular weight excluding hydrogens is 997 g/mol. The van der Waals surface area contributed by atoms with Gasteiger partial charge in [0.1, 0.15) is 17.3 Å². The Labute approximate surface area is 546 Å². The van der Waals surface area contributed by atoms with Crippen LogP contribution < -0.4 is 9.30 Å². The van der Waals surface area contributed by atoms with Crippen molar-refractivity contribution in [1.29, 1.82) is 0 Å². The minimum atomic E-state index is -4.93. The fourth-order valence-corrected chi connectivity index (χ4v) is 10.8. The first-order chi connectivity index (χ1) is 56.6. The van der Waals surface area contributed by atoms with Gasteiger partial charge in [-0.2, -0.15) is 0 Å². The van der Waals surface area contributed by atoms with Gasteiger partial charge in [0.2, 0.25) is 0 Å². The molecule has 8 aromatic carbocycles. The highest BCUT2D eigenvalue weighted by atomic mass is 16.5. The van der Waals surface area contributed by atoms with E-state index in [1.54, 1.807) is 24.4 Å². The molecule has 0 N–H and O–H groups in total. The van der Waals surface area contributed by atoms with E-state index in [4.69, 9.17) is 30.3 Å². The molecule has 82 heavy (non-hydrogen) atoms. The third-order valence-electron chi connectivity index (χ3n) is 15.0. The maximum absolute atomic E-state index is 10.6. The van der Waals surface area contributed by atoms with E-state index in [0.29, 0.717) is 18.3 Å². The molecule has 0 saturated carbocycles. The van der Waals surface area contributed by atoms with Crippen LogP contribution in [0.25, 0.3) is 83.4 Å². The number of aromatic nitrogens is 4. The van der Waals surface area contributed by atoms with E-state index < -0.39 is 224 Å². The van der Waals surface area contributed by atoms with Crippen LogP contribution in [0, 0.1) is 20.0 Å². The highest BCUT2D eigenvalue weighted by Gasteiger charge is 2.40. The zero-order valence-electron chi connectivity index (χ0n) is 87.5. The summed E-state index contributed by atoms with van der Waals surface area (Å²) in [5, 5.41) is 1.59. The number of pyridine rings is 1. The Kier molecular flexibility index (Phi) is 5.57. The lowest BCUT2D eigenvalue weighted by molar-refractivity contribution is -0.571. The van der Waals surface area contributed by atoms with Gasteiger partial charge < -0.3 is 4.74 Å². The lowest BCUT2D eigenvalue weighted by Gasteiger charge is -2.43. The SMILES string of the molecule is [2H]c1c([2H])c2c(c([2H])c1-c1cccc(-c3c([2H])c([2H])c4c(c3[2H])C(C([2H])([2H])[2H])(C([2H])([2H])[2H])C([2H])([2H])C([2H])([2H])C4(C([2H])([2H])[2H])C([2H])([2H])C)c1-[n+]1[c-]n(-c3cccc(Oc4ccc5c6ccccc6n(-c6cc(C(C)(C)C)ccn6)c5c4)c3)c3cc(-c4c(C([2H])([2H])[2H])cccc4C([2H])([2H])[2H])ccc31)C(C([2H])([2H])[2H])(C([2H])([2H])[2H])C([2H])([2H])C([2H])([2H])C2(C([2H])([2H])[2H])C([2H])([2H])[2H]. The smallest absolute Gasteiger partial charge is 0.269 e. The summed E-state index contributed by atoms with van der Waals surface area (Å²) in [6, 6.07) is 21.0. The second kappa shape index (κ2) is 19.3. The molecule has 2 aliphatic rings. The molecule has 0 aliphatic heterocycles. The van der Waals surface area contributed by atoms with Crippen molar-refractivity contribution < 1.29 is 68.2 Å². The molecule has 0 saturated heterocycles. The normalized spacial score (nSPS) is 29.0. The van der Waals surface area contributed by atoms with Crippen LogP contribution in [0.2, 0.25) is 0 Å². The van der Waals surface area contributed by atoms with Crippen LogP contribution in [0.1, 0.15) is 205 Å². The van der Waals surface area contributed by atoms with E-state index >= 15 is 0 Å². The molecule has 0 radical (unpaired) electrons. The first-order valence-corrected chi connectivity index (χ1v) is 26.0. The van der Waals surface area contributed by atoms with Gasteiger partial charge in [-0.1, -0.05) is 185 Å². The highest BCUT2D eigenvalue weighted by molar-refractivity contribution is 6.09. The number of nitrogens with zero attached hydrogens (tertiary/aromatic N) is 4. The van der Waals surface area contributed by atoms with Gasteiger partial charge in [-0.3, -0.25) is 13.7 Å². The average molecular weight is 1120 g/mol. The van der Waals surface area contributed by atoms with Crippen LogP contribution in [0.4, 0.5) is 0 Å². The van der Waals surface area contributed by atoms with Crippen molar-refractivity contribution in [2.24, 2.45) is 0 Å². The summed E-state index contributed by atoms with van der Waals surface area (Å²) in [5.41, 5.74) is -32.7. The zero-order chi connectivity index (χ0) is 93.9. The Morgan fingerprint density at radius 3 is 1.99 bits per heavy atom. The van der Waals surface area contributed by atoms with Gasteiger partial charge in [-0.25, -0.2) is 4.98 Å². The molecule has 412 valence electrons.